The molecule has 0 aromatic heterocycles. The molecule has 0 aliphatic carbocycles. The van der Waals surface area contributed by atoms with Crippen molar-refractivity contribution in [1.29, 1.82) is 0 Å². The Morgan fingerprint density at radius 3 is 2.35 bits per heavy atom. The summed E-state index contributed by atoms with van der Waals surface area (Å²) in [5, 5.41) is 0. The van der Waals surface area contributed by atoms with E-state index in [1.165, 1.54) is 10.5 Å². The first-order valence-corrected chi connectivity index (χ1v) is 7.56. The van der Waals surface area contributed by atoms with Gasteiger partial charge in [-0.2, -0.15) is 0 Å². The van der Waals surface area contributed by atoms with Crippen LogP contribution < -0.4 is 5.73 Å². The highest BCUT2D eigenvalue weighted by molar-refractivity contribution is 7.98. The van der Waals surface area contributed by atoms with E-state index in [1.807, 2.05) is 0 Å². The van der Waals surface area contributed by atoms with Crippen molar-refractivity contribution in [2.24, 2.45) is 5.73 Å². The summed E-state index contributed by atoms with van der Waals surface area (Å²) in [5.41, 5.74) is 7.36. The van der Waals surface area contributed by atoms with E-state index in [1.54, 1.807) is 11.8 Å². The van der Waals surface area contributed by atoms with Crippen LogP contribution in [0.5, 0.6) is 0 Å². The van der Waals surface area contributed by atoms with Crippen molar-refractivity contribution < 1.29 is 0 Å². The average Bonchev–Trinajstić information content (AvgIpc) is 2.39. The van der Waals surface area contributed by atoms with Crippen LogP contribution in [0.4, 0.5) is 0 Å². The molecular weight excluding hydrogens is 228 g/mol. The number of likely N-dealkylation sites (tertiary alicyclic amines) is 1. The zero-order valence-electron chi connectivity index (χ0n) is 10.7. The molecule has 2 rings (SSSR count). The Morgan fingerprint density at radius 1 is 1.24 bits per heavy atom. The van der Waals surface area contributed by atoms with E-state index in [0.29, 0.717) is 12.1 Å². The summed E-state index contributed by atoms with van der Waals surface area (Å²) in [7, 11) is 0. The zero-order chi connectivity index (χ0) is 12.3. The van der Waals surface area contributed by atoms with E-state index in [-0.39, 0.29) is 0 Å². The summed E-state index contributed by atoms with van der Waals surface area (Å²) in [6, 6.07) is 9.87. The molecular formula is C14H22N2S. The first-order valence-electron chi connectivity index (χ1n) is 6.34. The van der Waals surface area contributed by atoms with Crippen molar-refractivity contribution in [2.75, 3.05) is 19.3 Å². The summed E-state index contributed by atoms with van der Waals surface area (Å²) < 4.78 is 0. The fourth-order valence-electron chi connectivity index (χ4n) is 2.40. The Kier molecular flexibility index (Phi) is 4.48. The predicted molar refractivity (Wildman–Crippen MR) is 75.4 cm³/mol. The Labute approximate surface area is 109 Å². The predicted octanol–water partition coefficient (Wildman–Crippen LogP) is 2.89. The van der Waals surface area contributed by atoms with Gasteiger partial charge in [0.1, 0.15) is 0 Å². The molecule has 0 radical (unpaired) electrons. The number of benzene rings is 1. The summed E-state index contributed by atoms with van der Waals surface area (Å²) in [4.78, 5) is 3.87. The second kappa shape index (κ2) is 5.89. The number of rotatable bonds is 3. The molecule has 94 valence electrons. The van der Waals surface area contributed by atoms with Gasteiger partial charge in [-0.1, -0.05) is 12.1 Å². The number of thioether (sulfide) groups is 1. The van der Waals surface area contributed by atoms with Gasteiger partial charge in [0.2, 0.25) is 0 Å². The van der Waals surface area contributed by atoms with Gasteiger partial charge in [-0.25, -0.2) is 0 Å². The normalized spacial score (nSPS) is 20.4. The maximum Gasteiger partial charge on any atom is 0.0319 e. The van der Waals surface area contributed by atoms with E-state index in [4.69, 9.17) is 5.73 Å². The first kappa shape index (κ1) is 12.9. The number of hydrogen-bond donors (Lipinski definition) is 1. The molecule has 3 heteroatoms. The minimum Gasteiger partial charge on any atom is -0.328 e. The van der Waals surface area contributed by atoms with Gasteiger partial charge in [-0.05, 0) is 43.7 Å². The van der Waals surface area contributed by atoms with Crippen molar-refractivity contribution in [1.82, 2.24) is 4.90 Å². The van der Waals surface area contributed by atoms with Crippen LogP contribution in [0.3, 0.4) is 0 Å². The number of piperidine rings is 1. The van der Waals surface area contributed by atoms with Gasteiger partial charge in [-0.15, -0.1) is 11.8 Å². The maximum atomic E-state index is 5.94. The van der Waals surface area contributed by atoms with E-state index >= 15 is 0 Å². The molecule has 1 aromatic rings. The second-order valence-electron chi connectivity index (χ2n) is 4.82. The van der Waals surface area contributed by atoms with Crippen molar-refractivity contribution in [3.63, 3.8) is 0 Å². The lowest BCUT2D eigenvalue weighted by molar-refractivity contribution is 0.163. The minimum absolute atomic E-state index is 0.414. The molecule has 17 heavy (non-hydrogen) atoms. The van der Waals surface area contributed by atoms with E-state index in [9.17, 15) is 0 Å². The molecule has 1 fully saturated rings. The van der Waals surface area contributed by atoms with E-state index in [2.05, 4.69) is 42.3 Å². The van der Waals surface area contributed by atoms with Crippen LogP contribution in [0.25, 0.3) is 0 Å². The molecule has 1 unspecified atom stereocenters. The van der Waals surface area contributed by atoms with E-state index in [0.717, 1.165) is 25.9 Å². The van der Waals surface area contributed by atoms with Crippen LogP contribution in [0.15, 0.2) is 29.2 Å². The van der Waals surface area contributed by atoms with Crippen LogP contribution in [-0.4, -0.2) is 30.3 Å². The Hall–Kier alpha value is -0.510. The molecule has 1 aliphatic heterocycles. The number of nitrogens with two attached hydrogens (primary N) is 1. The molecule has 0 bridgehead atoms. The molecule has 2 N–H and O–H groups in total. The zero-order valence-corrected chi connectivity index (χ0v) is 11.5. The average molecular weight is 250 g/mol. The number of hydrogen-bond acceptors (Lipinski definition) is 3. The summed E-state index contributed by atoms with van der Waals surface area (Å²) >= 11 is 1.79. The highest BCUT2D eigenvalue weighted by Crippen LogP contribution is 2.25. The van der Waals surface area contributed by atoms with E-state index < -0.39 is 0 Å². The molecule has 1 heterocycles. The van der Waals surface area contributed by atoms with Gasteiger partial charge in [0.25, 0.3) is 0 Å². The van der Waals surface area contributed by atoms with Crippen molar-refractivity contribution >= 4 is 11.8 Å². The molecule has 0 saturated carbocycles. The molecule has 0 spiro atoms. The fraction of sp³-hybridized carbons (Fsp3) is 0.571. The lowest BCUT2D eigenvalue weighted by Crippen LogP contribution is -2.40. The van der Waals surface area contributed by atoms with Gasteiger partial charge in [-0.3, -0.25) is 4.90 Å². The third kappa shape index (κ3) is 3.24. The van der Waals surface area contributed by atoms with Crippen LogP contribution in [0, 0.1) is 0 Å². The van der Waals surface area contributed by atoms with Gasteiger partial charge in [0.05, 0.1) is 0 Å². The molecule has 2 nitrogen and oxygen atoms in total. The highest BCUT2D eigenvalue weighted by Gasteiger charge is 2.21. The highest BCUT2D eigenvalue weighted by atomic mass is 32.2. The lowest BCUT2D eigenvalue weighted by atomic mass is 10.0. The van der Waals surface area contributed by atoms with Crippen molar-refractivity contribution in [2.45, 2.75) is 36.7 Å². The maximum absolute atomic E-state index is 5.94. The smallest absolute Gasteiger partial charge is 0.0319 e. The SMILES string of the molecule is CSc1ccc(C(C)N2CCC(N)CC2)cc1. The third-order valence-electron chi connectivity index (χ3n) is 3.72. The van der Waals surface area contributed by atoms with Gasteiger partial charge in [0, 0.05) is 30.1 Å². The molecule has 1 aliphatic rings. The Morgan fingerprint density at radius 2 is 1.82 bits per heavy atom. The molecule has 1 aromatic carbocycles. The third-order valence-corrected chi connectivity index (χ3v) is 4.46. The summed E-state index contributed by atoms with van der Waals surface area (Å²) in [5.74, 6) is 0. The first-order chi connectivity index (χ1) is 8.20. The summed E-state index contributed by atoms with van der Waals surface area (Å²) in [6.07, 6.45) is 4.38. The molecule has 0 amide bonds. The summed E-state index contributed by atoms with van der Waals surface area (Å²) in [6.45, 7) is 4.56. The Bertz CT molecular complexity index is 342. The topological polar surface area (TPSA) is 29.3 Å². The van der Waals surface area contributed by atoms with Gasteiger partial charge in [0.15, 0.2) is 0 Å². The minimum atomic E-state index is 0.414. The van der Waals surface area contributed by atoms with Gasteiger partial charge >= 0.3 is 0 Å². The van der Waals surface area contributed by atoms with Crippen molar-refractivity contribution in [3.05, 3.63) is 29.8 Å². The quantitative estimate of drug-likeness (QED) is 0.836. The number of nitrogens with zero attached hydrogens (tertiary/aromatic N) is 1. The molecule has 1 saturated heterocycles. The van der Waals surface area contributed by atoms with Crippen LogP contribution >= 0.6 is 11.8 Å². The standard InChI is InChI=1S/C14H22N2S/c1-11(16-9-7-13(15)8-10-16)12-3-5-14(17-2)6-4-12/h3-6,11,13H,7-10,15H2,1-2H3. The largest absolute Gasteiger partial charge is 0.328 e. The van der Waals surface area contributed by atoms with Crippen molar-refractivity contribution in [3.8, 4) is 0 Å². The van der Waals surface area contributed by atoms with Crippen LogP contribution in [0.2, 0.25) is 0 Å². The Balaban J connectivity index is 2.00. The van der Waals surface area contributed by atoms with Crippen LogP contribution in [0.1, 0.15) is 31.4 Å². The molecule has 1 atom stereocenters. The monoisotopic (exact) mass is 250 g/mol. The fourth-order valence-corrected chi connectivity index (χ4v) is 2.81. The second-order valence-corrected chi connectivity index (χ2v) is 5.70. The van der Waals surface area contributed by atoms with Gasteiger partial charge < -0.3 is 5.73 Å². The lowest BCUT2D eigenvalue weighted by Gasteiger charge is -2.35. The van der Waals surface area contributed by atoms with Crippen LogP contribution in [-0.2, 0) is 0 Å².